The standard InChI is InChI=1S/C19H16BrNO3S/c20-14-11-12(8-9-16(14)22)10-13(4-3-7-18(23)24)19-21-15-5-1-2-6-17(15)25-19/h1-2,5-6,8-11,22H,3-4,7H2,(H,23,24)/b13-10+. The molecular formula is C19H16BrNO3S. The van der Waals surface area contributed by atoms with Gasteiger partial charge in [0.25, 0.3) is 0 Å². The first-order valence-corrected chi connectivity index (χ1v) is 9.41. The molecule has 0 spiro atoms. The molecule has 0 bridgehead atoms. The van der Waals surface area contributed by atoms with Gasteiger partial charge in [-0.2, -0.15) is 0 Å². The molecule has 0 radical (unpaired) electrons. The first-order valence-electron chi connectivity index (χ1n) is 7.80. The lowest BCUT2D eigenvalue weighted by atomic mass is 10.1. The fraction of sp³-hybridized carbons (Fsp3) is 0.158. The van der Waals surface area contributed by atoms with Crippen molar-refractivity contribution in [1.82, 2.24) is 4.98 Å². The van der Waals surface area contributed by atoms with E-state index < -0.39 is 5.97 Å². The van der Waals surface area contributed by atoms with Crippen molar-refractivity contribution >= 4 is 55.1 Å². The number of benzene rings is 2. The number of carbonyl (C=O) groups is 1. The number of allylic oxidation sites excluding steroid dienone is 1. The molecule has 0 saturated heterocycles. The number of carboxylic acids is 1. The summed E-state index contributed by atoms with van der Waals surface area (Å²) >= 11 is 4.92. The normalized spacial score (nSPS) is 11.8. The summed E-state index contributed by atoms with van der Waals surface area (Å²) < 4.78 is 1.73. The highest BCUT2D eigenvalue weighted by molar-refractivity contribution is 9.10. The Hall–Kier alpha value is -2.18. The number of aliphatic carboxylic acids is 1. The minimum absolute atomic E-state index is 0.126. The molecule has 128 valence electrons. The average Bonchev–Trinajstić information content (AvgIpc) is 3.01. The molecule has 1 aromatic heterocycles. The third kappa shape index (κ3) is 4.46. The highest BCUT2D eigenvalue weighted by atomic mass is 79.9. The van der Waals surface area contributed by atoms with Gasteiger partial charge in [0.05, 0.1) is 14.7 Å². The summed E-state index contributed by atoms with van der Waals surface area (Å²) in [4.78, 5) is 15.5. The number of para-hydroxylation sites is 1. The van der Waals surface area contributed by atoms with Gasteiger partial charge in [-0.05, 0) is 70.2 Å². The zero-order valence-corrected chi connectivity index (χ0v) is 15.7. The summed E-state index contributed by atoms with van der Waals surface area (Å²) in [5, 5.41) is 19.4. The number of thiazole rings is 1. The van der Waals surface area contributed by atoms with Gasteiger partial charge in [0.1, 0.15) is 10.8 Å². The van der Waals surface area contributed by atoms with Crippen LogP contribution in [0.1, 0.15) is 29.8 Å². The molecule has 0 aliphatic rings. The maximum Gasteiger partial charge on any atom is 0.303 e. The number of nitrogens with zero attached hydrogens (tertiary/aromatic N) is 1. The number of aromatic nitrogens is 1. The quantitative estimate of drug-likeness (QED) is 0.550. The molecule has 3 rings (SSSR count). The van der Waals surface area contributed by atoms with Crippen molar-refractivity contribution in [3.8, 4) is 5.75 Å². The Kier molecular flexibility index (Phi) is 5.50. The zero-order valence-electron chi connectivity index (χ0n) is 13.3. The molecule has 0 amide bonds. The van der Waals surface area contributed by atoms with Gasteiger partial charge in [0.15, 0.2) is 0 Å². The SMILES string of the molecule is O=C(O)CCC/C(=C\c1ccc(O)c(Br)c1)c1nc2ccccc2s1. The van der Waals surface area contributed by atoms with Gasteiger partial charge in [0, 0.05) is 6.42 Å². The third-order valence-corrected chi connectivity index (χ3v) is 5.47. The second-order valence-corrected chi connectivity index (χ2v) is 7.50. The fourth-order valence-electron chi connectivity index (χ4n) is 2.49. The number of phenolic OH excluding ortho intramolecular Hbond substituents is 1. The third-order valence-electron chi connectivity index (χ3n) is 3.72. The molecule has 0 fully saturated rings. The number of hydrogen-bond acceptors (Lipinski definition) is 4. The molecule has 2 aromatic carbocycles. The molecule has 3 aromatic rings. The van der Waals surface area contributed by atoms with E-state index in [1.807, 2.05) is 42.5 Å². The number of fused-ring (bicyclic) bond motifs is 1. The van der Waals surface area contributed by atoms with Gasteiger partial charge >= 0.3 is 5.97 Å². The van der Waals surface area contributed by atoms with Crippen LogP contribution in [-0.4, -0.2) is 21.2 Å². The van der Waals surface area contributed by atoms with Crippen LogP contribution in [-0.2, 0) is 4.79 Å². The number of rotatable bonds is 6. The van der Waals surface area contributed by atoms with Crippen LogP contribution < -0.4 is 0 Å². The van der Waals surface area contributed by atoms with Gasteiger partial charge in [-0.15, -0.1) is 11.3 Å². The van der Waals surface area contributed by atoms with E-state index in [0.717, 1.165) is 26.4 Å². The molecule has 1 heterocycles. The van der Waals surface area contributed by atoms with Gasteiger partial charge in [-0.1, -0.05) is 18.2 Å². The first-order chi connectivity index (χ1) is 12.0. The Bertz CT molecular complexity index is 916. The monoisotopic (exact) mass is 417 g/mol. The predicted molar refractivity (Wildman–Crippen MR) is 105 cm³/mol. The zero-order chi connectivity index (χ0) is 17.8. The maximum atomic E-state index is 10.8. The van der Waals surface area contributed by atoms with Crippen LogP contribution in [0.5, 0.6) is 5.75 Å². The van der Waals surface area contributed by atoms with Crippen LogP contribution >= 0.6 is 27.3 Å². The topological polar surface area (TPSA) is 70.4 Å². The Balaban J connectivity index is 1.97. The molecule has 0 unspecified atom stereocenters. The van der Waals surface area contributed by atoms with E-state index >= 15 is 0 Å². The van der Waals surface area contributed by atoms with Crippen LogP contribution in [0.25, 0.3) is 21.9 Å². The summed E-state index contributed by atoms with van der Waals surface area (Å²) in [6.45, 7) is 0. The lowest BCUT2D eigenvalue weighted by Gasteiger charge is -2.05. The maximum absolute atomic E-state index is 10.8. The molecule has 25 heavy (non-hydrogen) atoms. The Morgan fingerprint density at radius 2 is 2.00 bits per heavy atom. The minimum Gasteiger partial charge on any atom is -0.507 e. The molecule has 0 aliphatic heterocycles. The lowest BCUT2D eigenvalue weighted by Crippen LogP contribution is -1.94. The second-order valence-electron chi connectivity index (χ2n) is 5.61. The summed E-state index contributed by atoms with van der Waals surface area (Å²) in [7, 11) is 0. The first kappa shape index (κ1) is 17.6. The second kappa shape index (κ2) is 7.80. The number of carboxylic acid groups (broad SMARTS) is 1. The summed E-state index contributed by atoms with van der Waals surface area (Å²) in [5.74, 6) is -0.611. The van der Waals surface area contributed by atoms with E-state index in [1.54, 1.807) is 17.4 Å². The number of phenols is 1. The van der Waals surface area contributed by atoms with E-state index in [-0.39, 0.29) is 12.2 Å². The fourth-order valence-corrected chi connectivity index (χ4v) is 3.90. The van der Waals surface area contributed by atoms with Crippen LogP contribution in [0.2, 0.25) is 0 Å². The van der Waals surface area contributed by atoms with E-state index in [0.29, 0.717) is 17.3 Å². The van der Waals surface area contributed by atoms with Crippen molar-refractivity contribution in [2.75, 3.05) is 0 Å². The van der Waals surface area contributed by atoms with E-state index in [9.17, 15) is 9.90 Å². The Labute approximate surface area is 157 Å². The number of aromatic hydroxyl groups is 1. The smallest absolute Gasteiger partial charge is 0.303 e. The molecule has 0 saturated carbocycles. The van der Waals surface area contributed by atoms with Crippen molar-refractivity contribution in [2.24, 2.45) is 0 Å². The van der Waals surface area contributed by atoms with Crippen molar-refractivity contribution in [1.29, 1.82) is 0 Å². The molecule has 0 atom stereocenters. The largest absolute Gasteiger partial charge is 0.507 e. The lowest BCUT2D eigenvalue weighted by molar-refractivity contribution is -0.137. The highest BCUT2D eigenvalue weighted by Gasteiger charge is 2.10. The Morgan fingerprint density at radius 3 is 2.72 bits per heavy atom. The van der Waals surface area contributed by atoms with Crippen molar-refractivity contribution in [2.45, 2.75) is 19.3 Å². The summed E-state index contributed by atoms with van der Waals surface area (Å²) in [5.41, 5.74) is 2.87. The summed E-state index contributed by atoms with van der Waals surface area (Å²) in [6.07, 6.45) is 3.31. The van der Waals surface area contributed by atoms with Crippen LogP contribution in [0.15, 0.2) is 46.9 Å². The van der Waals surface area contributed by atoms with Crippen LogP contribution in [0.4, 0.5) is 0 Å². The minimum atomic E-state index is -0.795. The van der Waals surface area contributed by atoms with Crippen molar-refractivity contribution in [3.05, 3.63) is 57.5 Å². The average molecular weight is 418 g/mol. The molecule has 6 heteroatoms. The number of hydrogen-bond donors (Lipinski definition) is 2. The molecule has 4 nitrogen and oxygen atoms in total. The van der Waals surface area contributed by atoms with E-state index in [2.05, 4.69) is 20.9 Å². The van der Waals surface area contributed by atoms with Gasteiger partial charge in [0.2, 0.25) is 0 Å². The highest BCUT2D eigenvalue weighted by Crippen LogP contribution is 2.32. The van der Waals surface area contributed by atoms with Crippen molar-refractivity contribution in [3.63, 3.8) is 0 Å². The molecule has 0 aliphatic carbocycles. The number of halogens is 1. The van der Waals surface area contributed by atoms with Gasteiger partial charge < -0.3 is 10.2 Å². The Morgan fingerprint density at radius 1 is 1.20 bits per heavy atom. The van der Waals surface area contributed by atoms with Gasteiger partial charge in [-0.25, -0.2) is 4.98 Å². The molecular weight excluding hydrogens is 402 g/mol. The summed E-state index contributed by atoms with van der Waals surface area (Å²) in [6, 6.07) is 13.2. The predicted octanol–water partition coefficient (Wildman–Crippen LogP) is 5.56. The van der Waals surface area contributed by atoms with Crippen LogP contribution in [0.3, 0.4) is 0 Å². The molecule has 2 N–H and O–H groups in total. The van der Waals surface area contributed by atoms with Crippen LogP contribution in [0, 0.1) is 0 Å². The van der Waals surface area contributed by atoms with Crippen molar-refractivity contribution < 1.29 is 15.0 Å². The van der Waals surface area contributed by atoms with E-state index in [4.69, 9.17) is 5.11 Å². The van der Waals surface area contributed by atoms with Gasteiger partial charge in [-0.3, -0.25) is 4.79 Å². The van der Waals surface area contributed by atoms with E-state index in [1.165, 1.54) is 0 Å².